The van der Waals surface area contributed by atoms with Crippen LogP contribution < -0.4 is 10.5 Å². The maximum absolute atomic E-state index is 13.4. The number of carbonyl (C=O) groups is 2. The van der Waals surface area contributed by atoms with Crippen molar-refractivity contribution >= 4 is 27.8 Å². The van der Waals surface area contributed by atoms with Gasteiger partial charge >= 0.3 is 6.09 Å². The minimum Gasteiger partial charge on any atom is -0.407 e. The predicted molar refractivity (Wildman–Crippen MR) is 74.2 cm³/mol. The zero-order valence-corrected chi connectivity index (χ0v) is 11.7. The van der Waals surface area contributed by atoms with E-state index in [1.165, 1.54) is 6.07 Å². The third-order valence-electron chi connectivity index (χ3n) is 2.51. The van der Waals surface area contributed by atoms with Crippen LogP contribution in [0.3, 0.4) is 0 Å². The van der Waals surface area contributed by atoms with Crippen molar-refractivity contribution in [1.29, 1.82) is 0 Å². The van der Waals surface area contributed by atoms with Crippen LogP contribution in [0.2, 0.25) is 0 Å². The van der Waals surface area contributed by atoms with Gasteiger partial charge in [-0.05, 0) is 42.5 Å². The Labute approximate surface area is 122 Å². The summed E-state index contributed by atoms with van der Waals surface area (Å²) in [7, 11) is 0. The Morgan fingerprint density at radius 1 is 1.05 bits per heavy atom. The molecule has 0 aliphatic heterocycles. The maximum atomic E-state index is 13.4. The molecule has 6 heteroatoms. The molecule has 2 N–H and O–H groups in total. The van der Waals surface area contributed by atoms with Gasteiger partial charge in [0.25, 0.3) is 0 Å². The summed E-state index contributed by atoms with van der Waals surface area (Å²) in [5.41, 5.74) is 5.46. The number of carbonyl (C=O) groups excluding carboxylic acids is 2. The van der Waals surface area contributed by atoms with E-state index in [0.717, 1.165) is 16.6 Å². The van der Waals surface area contributed by atoms with E-state index in [9.17, 15) is 14.0 Å². The molecule has 20 heavy (non-hydrogen) atoms. The van der Waals surface area contributed by atoms with E-state index in [1.54, 1.807) is 24.3 Å². The summed E-state index contributed by atoms with van der Waals surface area (Å²) in [6.45, 7) is 0. The van der Waals surface area contributed by atoms with Gasteiger partial charge in [-0.3, -0.25) is 4.79 Å². The van der Waals surface area contributed by atoms with Gasteiger partial charge in [0.1, 0.15) is 0 Å². The number of hydrogen-bond donors (Lipinski definition) is 1. The van der Waals surface area contributed by atoms with E-state index in [1.807, 2.05) is 0 Å². The molecule has 2 rings (SSSR count). The molecule has 0 fully saturated rings. The fourth-order valence-electron chi connectivity index (χ4n) is 1.60. The number of primary amides is 1. The lowest BCUT2D eigenvalue weighted by molar-refractivity contribution is 0.103. The third kappa shape index (κ3) is 3.21. The lowest BCUT2D eigenvalue weighted by Crippen LogP contribution is -2.17. The Morgan fingerprint density at radius 3 is 2.25 bits per heavy atom. The van der Waals surface area contributed by atoms with Gasteiger partial charge in [-0.2, -0.15) is 0 Å². The minimum atomic E-state index is -1.14. The predicted octanol–water partition coefficient (Wildman–Crippen LogP) is 3.28. The first kappa shape index (κ1) is 14.2. The van der Waals surface area contributed by atoms with Crippen molar-refractivity contribution in [2.75, 3.05) is 0 Å². The Balaban J connectivity index is 2.35. The number of rotatable bonds is 3. The van der Waals surface area contributed by atoms with Crippen molar-refractivity contribution < 1.29 is 18.7 Å². The maximum Gasteiger partial charge on any atom is 0.410 e. The quantitative estimate of drug-likeness (QED) is 0.874. The molecular formula is C14H9BrFNO3. The van der Waals surface area contributed by atoms with Crippen molar-refractivity contribution in [3.63, 3.8) is 0 Å². The lowest BCUT2D eigenvalue weighted by Gasteiger charge is -2.06. The standard InChI is InChI=1S/C14H9BrFNO3/c15-10-4-1-8(2-5-10)13(18)9-3-6-11(16)12(7-9)20-14(17)19/h1-7H,(H2,17,19). The largest absolute Gasteiger partial charge is 0.410 e. The molecule has 0 aliphatic carbocycles. The fraction of sp³-hybridized carbons (Fsp3) is 0. The number of ketones is 1. The van der Waals surface area contributed by atoms with Crippen LogP contribution in [0.4, 0.5) is 9.18 Å². The second-order valence-electron chi connectivity index (χ2n) is 3.90. The summed E-state index contributed by atoms with van der Waals surface area (Å²) in [6, 6.07) is 10.2. The number of amides is 1. The monoisotopic (exact) mass is 337 g/mol. The molecule has 0 spiro atoms. The molecule has 2 aromatic carbocycles. The smallest absolute Gasteiger partial charge is 0.407 e. The van der Waals surface area contributed by atoms with Crippen molar-refractivity contribution in [3.05, 3.63) is 63.9 Å². The number of benzene rings is 2. The molecule has 0 aromatic heterocycles. The molecule has 1 amide bonds. The highest BCUT2D eigenvalue weighted by atomic mass is 79.9. The topological polar surface area (TPSA) is 69.4 Å². The van der Waals surface area contributed by atoms with Crippen molar-refractivity contribution in [2.24, 2.45) is 5.73 Å². The van der Waals surface area contributed by atoms with Crippen molar-refractivity contribution in [3.8, 4) is 5.75 Å². The molecule has 0 heterocycles. The first-order chi connectivity index (χ1) is 9.47. The molecule has 0 unspecified atom stereocenters. The Kier molecular flexibility index (Phi) is 4.14. The number of halogens is 2. The number of nitrogens with two attached hydrogens (primary N) is 1. The Morgan fingerprint density at radius 2 is 1.65 bits per heavy atom. The Bertz CT molecular complexity index is 671. The summed E-state index contributed by atoms with van der Waals surface area (Å²) in [5.74, 6) is -1.46. The van der Waals surface area contributed by atoms with Gasteiger partial charge in [0.05, 0.1) is 0 Å². The van der Waals surface area contributed by atoms with E-state index >= 15 is 0 Å². The molecular weight excluding hydrogens is 329 g/mol. The van der Waals surface area contributed by atoms with Crippen LogP contribution in [0.15, 0.2) is 46.9 Å². The van der Waals surface area contributed by atoms with E-state index in [2.05, 4.69) is 20.7 Å². The van der Waals surface area contributed by atoms with Crippen LogP contribution in [-0.4, -0.2) is 11.9 Å². The van der Waals surface area contributed by atoms with Crippen LogP contribution >= 0.6 is 15.9 Å². The summed E-state index contributed by atoms with van der Waals surface area (Å²) in [6.07, 6.45) is -1.14. The van der Waals surface area contributed by atoms with Gasteiger partial charge in [-0.1, -0.05) is 15.9 Å². The summed E-state index contributed by atoms with van der Waals surface area (Å²) in [4.78, 5) is 22.9. The third-order valence-corrected chi connectivity index (χ3v) is 3.04. The van der Waals surface area contributed by atoms with E-state index in [0.29, 0.717) is 5.56 Å². The van der Waals surface area contributed by atoms with Gasteiger partial charge in [-0.25, -0.2) is 9.18 Å². The average molecular weight is 338 g/mol. The molecule has 102 valence electrons. The second-order valence-corrected chi connectivity index (χ2v) is 4.82. The van der Waals surface area contributed by atoms with Gasteiger partial charge in [0.2, 0.25) is 0 Å². The summed E-state index contributed by atoms with van der Waals surface area (Å²) < 4.78 is 18.7. The van der Waals surface area contributed by atoms with E-state index in [4.69, 9.17) is 5.73 Å². The van der Waals surface area contributed by atoms with Gasteiger partial charge in [0, 0.05) is 15.6 Å². The zero-order valence-electron chi connectivity index (χ0n) is 10.1. The van der Waals surface area contributed by atoms with Crippen molar-refractivity contribution in [1.82, 2.24) is 0 Å². The van der Waals surface area contributed by atoms with E-state index in [-0.39, 0.29) is 17.1 Å². The number of hydrogen-bond acceptors (Lipinski definition) is 3. The second kappa shape index (κ2) is 5.83. The summed E-state index contributed by atoms with van der Waals surface area (Å²) in [5, 5.41) is 0. The molecule has 4 nitrogen and oxygen atoms in total. The normalized spacial score (nSPS) is 10.1. The highest BCUT2D eigenvalue weighted by Gasteiger charge is 2.14. The summed E-state index contributed by atoms with van der Waals surface area (Å²) >= 11 is 3.27. The minimum absolute atomic E-state index is 0.199. The highest BCUT2D eigenvalue weighted by Crippen LogP contribution is 2.21. The lowest BCUT2D eigenvalue weighted by atomic mass is 10.0. The van der Waals surface area contributed by atoms with Gasteiger partial charge in [-0.15, -0.1) is 0 Å². The van der Waals surface area contributed by atoms with Crippen LogP contribution in [0.1, 0.15) is 15.9 Å². The van der Waals surface area contributed by atoms with E-state index < -0.39 is 11.9 Å². The molecule has 0 atom stereocenters. The van der Waals surface area contributed by atoms with Crippen LogP contribution in [-0.2, 0) is 0 Å². The number of ether oxygens (including phenoxy) is 1. The molecule has 0 saturated heterocycles. The van der Waals surface area contributed by atoms with Gasteiger partial charge < -0.3 is 10.5 Å². The average Bonchev–Trinajstić information content (AvgIpc) is 2.41. The Hall–Kier alpha value is -2.21. The first-order valence-corrected chi connectivity index (χ1v) is 6.34. The molecule has 0 radical (unpaired) electrons. The SMILES string of the molecule is NC(=O)Oc1cc(C(=O)c2ccc(Br)cc2)ccc1F. The molecule has 0 aliphatic rings. The van der Waals surface area contributed by atoms with Crippen LogP contribution in [0.5, 0.6) is 5.75 Å². The van der Waals surface area contributed by atoms with Crippen molar-refractivity contribution in [2.45, 2.75) is 0 Å². The fourth-order valence-corrected chi connectivity index (χ4v) is 1.86. The first-order valence-electron chi connectivity index (χ1n) is 5.54. The molecule has 0 saturated carbocycles. The molecule has 2 aromatic rings. The molecule has 0 bridgehead atoms. The highest BCUT2D eigenvalue weighted by molar-refractivity contribution is 9.10. The zero-order chi connectivity index (χ0) is 14.7. The van der Waals surface area contributed by atoms with Gasteiger partial charge in [0.15, 0.2) is 17.3 Å². The van der Waals surface area contributed by atoms with Crippen LogP contribution in [0.25, 0.3) is 0 Å². The van der Waals surface area contributed by atoms with Crippen LogP contribution in [0, 0.1) is 5.82 Å².